The van der Waals surface area contributed by atoms with Crippen LogP contribution in [-0.2, 0) is 0 Å². The first-order chi connectivity index (χ1) is 4.74. The summed E-state index contributed by atoms with van der Waals surface area (Å²) >= 11 is 0. The van der Waals surface area contributed by atoms with E-state index in [-0.39, 0.29) is 17.1 Å². The number of rotatable bonds is 2. The van der Waals surface area contributed by atoms with Crippen LogP contribution < -0.4 is 5.56 Å². The summed E-state index contributed by atoms with van der Waals surface area (Å²) in [5.41, 5.74) is -0.378. The normalized spacial score (nSPS) is 9.70. The summed E-state index contributed by atoms with van der Waals surface area (Å²) in [6.45, 7) is 1.70. The molecule has 0 aliphatic carbocycles. The minimum Gasteiger partial charge on any atom is -0.375 e. The van der Waals surface area contributed by atoms with Gasteiger partial charge in [-0.3, -0.25) is 9.59 Å². The van der Waals surface area contributed by atoms with Crippen molar-refractivity contribution >= 4 is 5.78 Å². The maximum atomic E-state index is 10.8. The van der Waals surface area contributed by atoms with Crippen LogP contribution in [0.3, 0.4) is 0 Å². The molecule has 54 valence electrons. The lowest BCUT2D eigenvalue weighted by atomic mass is 10.2. The second-order valence-corrected chi connectivity index (χ2v) is 1.85. The summed E-state index contributed by atoms with van der Waals surface area (Å²) in [7, 11) is 0. The third kappa shape index (κ3) is 1.15. The van der Waals surface area contributed by atoms with Crippen LogP contribution in [0.4, 0.5) is 0 Å². The molecule has 0 fully saturated rings. The second-order valence-electron chi connectivity index (χ2n) is 1.85. The van der Waals surface area contributed by atoms with E-state index in [1.54, 1.807) is 6.92 Å². The molecule has 0 unspecified atom stereocenters. The zero-order valence-electron chi connectivity index (χ0n) is 5.51. The molecular weight excluding hydrogens is 134 g/mol. The van der Waals surface area contributed by atoms with Crippen LogP contribution >= 0.6 is 0 Å². The molecular formula is C6H7NO3. The number of carbonyl (C=O) groups excluding carboxylic acids is 1. The van der Waals surface area contributed by atoms with E-state index < -0.39 is 0 Å². The summed E-state index contributed by atoms with van der Waals surface area (Å²) in [6.07, 6.45) is 0.348. The summed E-state index contributed by atoms with van der Waals surface area (Å²) in [5, 5.41) is 2.03. The topological polar surface area (TPSA) is 63.1 Å². The van der Waals surface area contributed by atoms with Crippen LogP contribution in [-0.4, -0.2) is 10.9 Å². The first kappa shape index (κ1) is 6.80. The van der Waals surface area contributed by atoms with E-state index in [4.69, 9.17) is 0 Å². The van der Waals surface area contributed by atoms with Crippen LogP contribution in [0.2, 0.25) is 0 Å². The Balaban J connectivity index is 2.95. The van der Waals surface area contributed by atoms with Crippen molar-refractivity contribution in [1.82, 2.24) is 5.16 Å². The van der Waals surface area contributed by atoms with Gasteiger partial charge in [0.15, 0.2) is 0 Å². The highest BCUT2D eigenvalue weighted by Crippen LogP contribution is 1.96. The van der Waals surface area contributed by atoms with Gasteiger partial charge >= 0.3 is 0 Å². The number of Topliss-reactive ketones (excluding diaryl/α,β-unsaturated/α-hetero) is 1. The van der Waals surface area contributed by atoms with Crippen molar-refractivity contribution in [3.8, 4) is 0 Å². The molecule has 0 atom stereocenters. The monoisotopic (exact) mass is 141 g/mol. The van der Waals surface area contributed by atoms with E-state index in [2.05, 4.69) is 4.52 Å². The molecule has 0 saturated heterocycles. The lowest BCUT2D eigenvalue weighted by molar-refractivity contribution is 0.0952. The molecule has 10 heavy (non-hydrogen) atoms. The van der Waals surface area contributed by atoms with Crippen molar-refractivity contribution in [2.45, 2.75) is 13.3 Å². The Morgan fingerprint density at radius 3 is 2.90 bits per heavy atom. The van der Waals surface area contributed by atoms with Gasteiger partial charge in [-0.1, -0.05) is 6.92 Å². The van der Waals surface area contributed by atoms with Crippen LogP contribution in [0.1, 0.15) is 23.9 Å². The maximum Gasteiger partial charge on any atom is 0.280 e. The quantitative estimate of drug-likeness (QED) is 0.612. The molecule has 0 bridgehead atoms. The van der Waals surface area contributed by atoms with Crippen LogP contribution in [0, 0.1) is 0 Å². The van der Waals surface area contributed by atoms with Gasteiger partial charge in [-0.05, 0) is 0 Å². The zero-order chi connectivity index (χ0) is 7.56. The van der Waals surface area contributed by atoms with E-state index in [1.165, 1.54) is 0 Å². The molecule has 4 heteroatoms. The Labute approximate surface area is 56.8 Å². The van der Waals surface area contributed by atoms with E-state index in [0.717, 1.165) is 6.07 Å². The van der Waals surface area contributed by atoms with Gasteiger partial charge in [-0.25, -0.2) is 0 Å². The largest absolute Gasteiger partial charge is 0.375 e. The SMILES string of the molecule is CCC(=O)c1cc(=O)[nH]o1. The van der Waals surface area contributed by atoms with Gasteiger partial charge in [0.05, 0.1) is 6.07 Å². The Morgan fingerprint density at radius 1 is 1.80 bits per heavy atom. The molecule has 1 heterocycles. The summed E-state index contributed by atoms with van der Waals surface area (Å²) in [4.78, 5) is 21.2. The van der Waals surface area contributed by atoms with Gasteiger partial charge in [0.25, 0.3) is 5.56 Å². The number of H-pyrrole nitrogens is 1. The summed E-state index contributed by atoms with van der Waals surface area (Å²) in [6, 6.07) is 1.14. The molecule has 1 rings (SSSR count). The highest BCUT2D eigenvalue weighted by atomic mass is 16.5. The minimum atomic E-state index is -0.378. The number of carbonyl (C=O) groups is 1. The first-order valence-corrected chi connectivity index (χ1v) is 2.95. The van der Waals surface area contributed by atoms with Crippen LogP contribution in [0.15, 0.2) is 15.4 Å². The number of aromatic amines is 1. The molecule has 0 radical (unpaired) electrons. The standard InChI is InChI=1S/C6H7NO3/c1-2-4(8)5-3-6(9)7-10-5/h3H,2H2,1H3,(H,7,9). The van der Waals surface area contributed by atoms with Gasteiger partial charge < -0.3 is 4.52 Å². The Kier molecular flexibility index (Phi) is 1.71. The maximum absolute atomic E-state index is 10.8. The minimum absolute atomic E-state index is 0.104. The first-order valence-electron chi connectivity index (χ1n) is 2.95. The van der Waals surface area contributed by atoms with Crippen molar-refractivity contribution < 1.29 is 9.32 Å². The molecule has 0 aliphatic rings. The highest BCUT2D eigenvalue weighted by Gasteiger charge is 2.06. The number of aromatic nitrogens is 1. The fourth-order valence-corrected chi connectivity index (χ4v) is 0.595. The van der Waals surface area contributed by atoms with Crippen molar-refractivity contribution in [1.29, 1.82) is 0 Å². The average Bonchev–Trinajstić information content (AvgIpc) is 2.34. The lowest BCUT2D eigenvalue weighted by Crippen LogP contribution is -1.96. The lowest BCUT2D eigenvalue weighted by Gasteiger charge is -1.84. The highest BCUT2D eigenvalue weighted by molar-refractivity contribution is 5.92. The van der Waals surface area contributed by atoms with Crippen molar-refractivity contribution in [2.75, 3.05) is 0 Å². The Morgan fingerprint density at radius 2 is 2.50 bits per heavy atom. The third-order valence-electron chi connectivity index (χ3n) is 1.12. The van der Waals surface area contributed by atoms with E-state index in [1.807, 2.05) is 5.16 Å². The average molecular weight is 141 g/mol. The zero-order valence-corrected chi connectivity index (χ0v) is 5.51. The molecule has 4 nitrogen and oxygen atoms in total. The summed E-state index contributed by atoms with van der Waals surface area (Å²) in [5.74, 6) is -0.0640. The third-order valence-corrected chi connectivity index (χ3v) is 1.12. The number of hydrogen-bond donors (Lipinski definition) is 1. The molecule has 0 amide bonds. The predicted octanol–water partition coefficient (Wildman–Crippen LogP) is 0.561. The van der Waals surface area contributed by atoms with Gasteiger partial charge in [0.1, 0.15) is 0 Å². The molecule has 0 aliphatic heterocycles. The fraction of sp³-hybridized carbons (Fsp3) is 0.333. The number of ketones is 1. The molecule has 0 saturated carbocycles. The van der Waals surface area contributed by atoms with Crippen molar-refractivity contribution in [3.63, 3.8) is 0 Å². The Hall–Kier alpha value is -1.32. The van der Waals surface area contributed by atoms with E-state index in [9.17, 15) is 9.59 Å². The number of nitrogens with one attached hydrogen (secondary N) is 1. The van der Waals surface area contributed by atoms with Gasteiger partial charge in [-0.15, -0.1) is 0 Å². The van der Waals surface area contributed by atoms with Gasteiger partial charge in [-0.2, -0.15) is 5.16 Å². The van der Waals surface area contributed by atoms with Crippen LogP contribution in [0.25, 0.3) is 0 Å². The van der Waals surface area contributed by atoms with E-state index >= 15 is 0 Å². The molecule has 0 spiro atoms. The fourth-order valence-electron chi connectivity index (χ4n) is 0.595. The predicted molar refractivity (Wildman–Crippen MR) is 34.0 cm³/mol. The molecule has 1 aromatic rings. The van der Waals surface area contributed by atoms with Gasteiger partial charge in [0, 0.05) is 6.42 Å². The molecule has 0 aromatic carbocycles. The van der Waals surface area contributed by atoms with Crippen molar-refractivity contribution in [2.24, 2.45) is 0 Å². The number of hydrogen-bond acceptors (Lipinski definition) is 3. The van der Waals surface area contributed by atoms with E-state index in [0.29, 0.717) is 6.42 Å². The van der Waals surface area contributed by atoms with Crippen molar-refractivity contribution in [3.05, 3.63) is 22.2 Å². The molecule has 1 aromatic heterocycles. The van der Waals surface area contributed by atoms with Crippen LogP contribution in [0.5, 0.6) is 0 Å². The summed E-state index contributed by atoms with van der Waals surface area (Å²) < 4.78 is 4.53. The molecule has 1 N–H and O–H groups in total. The smallest absolute Gasteiger partial charge is 0.280 e. The van der Waals surface area contributed by atoms with Gasteiger partial charge in [0.2, 0.25) is 11.5 Å². The Bertz CT molecular complexity index is 283. The second kappa shape index (κ2) is 2.51.